The summed E-state index contributed by atoms with van der Waals surface area (Å²) in [4.78, 5) is 56.6. The third kappa shape index (κ3) is 11.2. The van der Waals surface area contributed by atoms with Crippen molar-refractivity contribution >= 4 is 45.0 Å². The SMILES string of the molecule is COCC(NC(=O)c1cnc(C)s1)C(=O)NC(COC)C(=O)NC(Cc1ccccc1)C(=O)C(C)(O)COS(=O)(=O)c1ccc(F)c(F)c1. The maximum atomic E-state index is 13.7. The van der Waals surface area contributed by atoms with Crippen LogP contribution in [0.2, 0.25) is 0 Å². The van der Waals surface area contributed by atoms with Crippen LogP contribution in [0.3, 0.4) is 0 Å². The van der Waals surface area contributed by atoms with E-state index in [2.05, 4.69) is 20.9 Å². The van der Waals surface area contributed by atoms with Crippen LogP contribution in [-0.4, -0.2) is 99.8 Å². The number of methoxy groups -OCH3 is 2. The van der Waals surface area contributed by atoms with Gasteiger partial charge in [0.25, 0.3) is 16.0 Å². The molecule has 49 heavy (non-hydrogen) atoms. The number of carbonyl (C=O) groups is 4. The molecule has 0 saturated heterocycles. The zero-order valence-corrected chi connectivity index (χ0v) is 28.5. The Kier molecular flexibility index (Phi) is 14.0. The van der Waals surface area contributed by atoms with Crippen LogP contribution in [0, 0.1) is 18.6 Å². The standard InChI is InChI=1S/C31H36F2N4O10S2/c1-18-34-14-26(48-18)30(41)37-25(16-46-4)29(40)36-24(15-45-3)28(39)35-23(12-19-8-6-5-7-9-19)27(38)31(2,42)17-47-49(43,44)20-10-11-21(32)22(33)13-20/h5-11,13-14,23-25,42H,12,15-17H2,1-4H3,(H,35,39)(H,36,40)(H,37,41). The topological polar surface area (TPSA) is 199 Å². The van der Waals surface area contributed by atoms with E-state index in [1.807, 2.05) is 0 Å². The van der Waals surface area contributed by atoms with Gasteiger partial charge in [-0.15, -0.1) is 11.3 Å². The first-order valence-corrected chi connectivity index (χ1v) is 16.8. The number of amides is 3. The number of benzene rings is 2. The molecule has 3 amide bonds. The molecule has 0 spiro atoms. The molecule has 1 heterocycles. The minimum absolute atomic E-state index is 0.179. The Hall–Kier alpha value is -4.20. The predicted octanol–water partition coefficient (Wildman–Crippen LogP) is 1.06. The third-order valence-electron chi connectivity index (χ3n) is 6.89. The van der Waals surface area contributed by atoms with Gasteiger partial charge in [0.1, 0.15) is 29.2 Å². The Morgan fingerprint density at radius 2 is 1.51 bits per heavy atom. The summed E-state index contributed by atoms with van der Waals surface area (Å²) in [6.45, 7) is 0.871. The van der Waals surface area contributed by atoms with E-state index in [0.29, 0.717) is 22.7 Å². The van der Waals surface area contributed by atoms with Gasteiger partial charge in [0.2, 0.25) is 11.8 Å². The molecule has 4 N–H and O–H groups in total. The van der Waals surface area contributed by atoms with E-state index in [4.69, 9.17) is 13.7 Å². The van der Waals surface area contributed by atoms with Gasteiger partial charge in [-0.05, 0) is 44.0 Å². The lowest BCUT2D eigenvalue weighted by Gasteiger charge is -2.29. The first-order valence-electron chi connectivity index (χ1n) is 14.5. The number of aromatic nitrogens is 1. The zero-order chi connectivity index (χ0) is 36.4. The molecule has 0 aliphatic rings. The summed E-state index contributed by atoms with van der Waals surface area (Å²) in [7, 11) is -2.19. The summed E-state index contributed by atoms with van der Waals surface area (Å²) in [5, 5.41) is 19.2. The number of ketones is 1. The van der Waals surface area contributed by atoms with E-state index < -0.39 is 80.5 Å². The van der Waals surface area contributed by atoms with E-state index >= 15 is 0 Å². The fourth-order valence-corrected chi connectivity index (χ4v) is 6.02. The molecule has 0 fully saturated rings. The van der Waals surface area contributed by atoms with Gasteiger partial charge in [-0.3, -0.25) is 23.4 Å². The lowest BCUT2D eigenvalue weighted by atomic mass is 9.91. The molecule has 2 aromatic carbocycles. The highest BCUT2D eigenvalue weighted by molar-refractivity contribution is 7.86. The molecule has 18 heteroatoms. The van der Waals surface area contributed by atoms with Crippen LogP contribution in [0.25, 0.3) is 0 Å². The molecule has 0 aliphatic carbocycles. The van der Waals surface area contributed by atoms with E-state index in [-0.39, 0.29) is 24.5 Å². The van der Waals surface area contributed by atoms with Gasteiger partial charge in [-0.1, -0.05) is 30.3 Å². The molecular weight excluding hydrogens is 690 g/mol. The minimum atomic E-state index is -4.76. The van der Waals surface area contributed by atoms with Gasteiger partial charge in [0, 0.05) is 14.2 Å². The van der Waals surface area contributed by atoms with Crippen LogP contribution in [0.1, 0.15) is 27.2 Å². The molecular formula is C31H36F2N4O10S2. The zero-order valence-electron chi connectivity index (χ0n) is 26.9. The van der Waals surface area contributed by atoms with Crippen LogP contribution >= 0.6 is 11.3 Å². The second kappa shape index (κ2) is 17.5. The number of nitrogens with zero attached hydrogens (tertiary/aromatic N) is 1. The lowest BCUT2D eigenvalue weighted by Crippen LogP contribution is -2.60. The number of aryl methyl sites for hydroxylation is 1. The molecule has 1 aromatic heterocycles. The highest BCUT2D eigenvalue weighted by Crippen LogP contribution is 2.20. The number of thiazole rings is 1. The Labute approximate surface area is 285 Å². The Morgan fingerprint density at radius 1 is 0.918 bits per heavy atom. The van der Waals surface area contributed by atoms with Crippen LogP contribution in [0.5, 0.6) is 0 Å². The van der Waals surface area contributed by atoms with E-state index in [1.165, 1.54) is 20.4 Å². The van der Waals surface area contributed by atoms with Gasteiger partial charge in [-0.25, -0.2) is 13.8 Å². The molecule has 0 radical (unpaired) electrons. The van der Waals surface area contributed by atoms with Crippen molar-refractivity contribution in [1.82, 2.24) is 20.9 Å². The second-order valence-corrected chi connectivity index (χ2v) is 13.8. The van der Waals surface area contributed by atoms with Gasteiger partial charge < -0.3 is 30.5 Å². The van der Waals surface area contributed by atoms with Crippen molar-refractivity contribution in [3.63, 3.8) is 0 Å². The number of ether oxygens (including phenoxy) is 2. The average molecular weight is 727 g/mol. The number of nitrogens with one attached hydrogen (secondary N) is 3. The van der Waals surface area contributed by atoms with Gasteiger partial charge in [-0.2, -0.15) is 8.42 Å². The molecule has 3 rings (SSSR count). The first-order chi connectivity index (χ1) is 23.1. The van der Waals surface area contributed by atoms with Crippen molar-refractivity contribution < 1.29 is 55.1 Å². The molecule has 266 valence electrons. The van der Waals surface area contributed by atoms with Crippen molar-refractivity contribution in [1.29, 1.82) is 0 Å². The molecule has 14 nitrogen and oxygen atoms in total. The fourth-order valence-electron chi connectivity index (χ4n) is 4.34. The average Bonchev–Trinajstić information content (AvgIpc) is 3.50. The number of hydrogen-bond donors (Lipinski definition) is 4. The number of aliphatic hydroxyl groups is 1. The number of hydrogen-bond acceptors (Lipinski definition) is 12. The Morgan fingerprint density at radius 3 is 2.06 bits per heavy atom. The van der Waals surface area contributed by atoms with Gasteiger partial charge in [0.05, 0.1) is 35.4 Å². The number of Topliss-reactive ketones (excluding diaryl/α,β-unsaturated/α-hetero) is 1. The molecule has 3 aromatic rings. The Bertz CT molecular complexity index is 1740. The largest absolute Gasteiger partial charge is 0.382 e. The third-order valence-corrected chi connectivity index (χ3v) is 9.06. The maximum Gasteiger partial charge on any atom is 0.297 e. The minimum Gasteiger partial charge on any atom is -0.382 e. The molecule has 0 bridgehead atoms. The highest BCUT2D eigenvalue weighted by Gasteiger charge is 2.40. The summed E-state index contributed by atoms with van der Waals surface area (Å²) in [6, 6.07) is 5.86. The van der Waals surface area contributed by atoms with Crippen LogP contribution < -0.4 is 16.0 Å². The van der Waals surface area contributed by atoms with Crippen LogP contribution in [0.15, 0.2) is 59.6 Å². The van der Waals surface area contributed by atoms with E-state index in [0.717, 1.165) is 24.3 Å². The maximum absolute atomic E-state index is 13.7. The summed E-state index contributed by atoms with van der Waals surface area (Å²) < 4.78 is 67.2. The summed E-state index contributed by atoms with van der Waals surface area (Å²) in [5.41, 5.74) is -2.00. The van der Waals surface area contributed by atoms with Crippen molar-refractivity contribution in [3.8, 4) is 0 Å². The van der Waals surface area contributed by atoms with E-state index in [1.54, 1.807) is 37.3 Å². The number of carbonyl (C=O) groups excluding carboxylic acids is 4. The summed E-state index contributed by atoms with van der Waals surface area (Å²) >= 11 is 1.11. The van der Waals surface area contributed by atoms with Crippen LogP contribution in [0.4, 0.5) is 8.78 Å². The molecule has 0 aliphatic heterocycles. The second-order valence-electron chi connectivity index (χ2n) is 10.9. The molecule has 4 unspecified atom stereocenters. The lowest BCUT2D eigenvalue weighted by molar-refractivity contribution is -0.143. The number of rotatable bonds is 18. The molecule has 0 saturated carbocycles. The Balaban J connectivity index is 1.79. The monoisotopic (exact) mass is 726 g/mol. The number of halogens is 2. The highest BCUT2D eigenvalue weighted by atomic mass is 32.2. The molecule has 4 atom stereocenters. The predicted molar refractivity (Wildman–Crippen MR) is 171 cm³/mol. The van der Waals surface area contributed by atoms with Crippen molar-refractivity contribution in [2.75, 3.05) is 34.0 Å². The van der Waals surface area contributed by atoms with Gasteiger partial charge >= 0.3 is 0 Å². The van der Waals surface area contributed by atoms with Crippen molar-refractivity contribution in [3.05, 3.63) is 81.8 Å². The smallest absolute Gasteiger partial charge is 0.297 e. The van der Waals surface area contributed by atoms with Crippen molar-refractivity contribution in [2.24, 2.45) is 0 Å². The first kappa shape index (κ1) is 39.2. The normalized spacial score (nSPS) is 14.6. The van der Waals surface area contributed by atoms with Gasteiger partial charge in [0.15, 0.2) is 17.4 Å². The van der Waals surface area contributed by atoms with E-state index in [9.17, 15) is 41.5 Å². The summed E-state index contributed by atoms with van der Waals surface area (Å²) in [6.07, 6.45) is 1.17. The van der Waals surface area contributed by atoms with Crippen molar-refractivity contribution in [2.45, 2.75) is 48.9 Å². The summed E-state index contributed by atoms with van der Waals surface area (Å²) in [5.74, 6) is -6.16. The fraction of sp³-hybridized carbons (Fsp3) is 0.387. The van der Waals surface area contributed by atoms with Crippen LogP contribution in [-0.2, 0) is 44.6 Å². The quantitative estimate of drug-likeness (QED) is 0.137.